The van der Waals surface area contributed by atoms with Crippen molar-refractivity contribution in [3.63, 3.8) is 0 Å². The van der Waals surface area contributed by atoms with Crippen LogP contribution < -0.4 is 5.32 Å². The predicted octanol–water partition coefficient (Wildman–Crippen LogP) is 4.58. The Bertz CT molecular complexity index is 881. The number of hydrogen-bond acceptors (Lipinski definition) is 5. The topological polar surface area (TPSA) is 93.5 Å². The first-order valence-corrected chi connectivity index (χ1v) is 11.5. The van der Waals surface area contributed by atoms with Crippen molar-refractivity contribution in [2.75, 3.05) is 6.61 Å². The van der Waals surface area contributed by atoms with Crippen LogP contribution in [-0.4, -0.2) is 45.3 Å². The maximum Gasteiger partial charge on any atom is 0.323 e. The molecule has 0 spiro atoms. The Kier molecular flexibility index (Phi) is 10.5. The van der Waals surface area contributed by atoms with E-state index in [4.69, 9.17) is 27.9 Å². The number of halogens is 2. The number of nitrogens with zero attached hydrogens (tertiary/aromatic N) is 2. The zero-order valence-electron chi connectivity index (χ0n) is 18.7. The van der Waals surface area contributed by atoms with Gasteiger partial charge in [-0.25, -0.2) is 4.98 Å². The van der Waals surface area contributed by atoms with E-state index in [0.717, 1.165) is 18.4 Å². The third kappa shape index (κ3) is 8.45. The normalized spacial score (nSPS) is 13.2. The monoisotopic (exact) mass is 483 g/mol. The lowest BCUT2D eigenvalue weighted by Crippen LogP contribution is -2.49. The zero-order valence-corrected chi connectivity index (χ0v) is 20.2. The standard InChI is InChI=1S/C23H31Cl2N3O4/c1-4-5-6-32-23(31)21(7-15(2)3)27-20(22(29)30)11-19-12-26-14-28(19)13-16-8-17(24)10-18(25)9-16/h8-10,12,14-15,20-21,27H,4-7,11,13H2,1-3H3,(H,29,30)/t20-,21-/m0/s1. The molecule has 7 nitrogen and oxygen atoms in total. The van der Waals surface area contributed by atoms with Crippen molar-refractivity contribution < 1.29 is 19.4 Å². The number of aromatic nitrogens is 2. The van der Waals surface area contributed by atoms with Crippen LogP contribution in [0.25, 0.3) is 0 Å². The lowest BCUT2D eigenvalue weighted by atomic mass is 10.0. The highest BCUT2D eigenvalue weighted by molar-refractivity contribution is 6.34. The number of carboxylic acids is 1. The van der Waals surface area contributed by atoms with Crippen LogP contribution in [0.4, 0.5) is 0 Å². The van der Waals surface area contributed by atoms with Gasteiger partial charge in [-0.1, -0.05) is 50.4 Å². The van der Waals surface area contributed by atoms with E-state index in [-0.39, 0.29) is 12.3 Å². The first kappa shape index (κ1) is 26.2. The number of rotatable bonds is 13. The molecule has 1 aromatic heterocycles. The van der Waals surface area contributed by atoms with Crippen LogP contribution in [0, 0.1) is 5.92 Å². The zero-order chi connectivity index (χ0) is 23.7. The van der Waals surface area contributed by atoms with Crippen LogP contribution in [0.2, 0.25) is 10.0 Å². The van der Waals surface area contributed by atoms with Crippen molar-refractivity contribution in [3.8, 4) is 0 Å². The fourth-order valence-electron chi connectivity index (χ4n) is 3.35. The molecule has 2 N–H and O–H groups in total. The molecule has 2 aromatic rings. The molecule has 1 aromatic carbocycles. The number of carbonyl (C=O) groups excluding carboxylic acids is 1. The van der Waals surface area contributed by atoms with Gasteiger partial charge in [0, 0.05) is 34.9 Å². The molecule has 176 valence electrons. The highest BCUT2D eigenvalue weighted by atomic mass is 35.5. The molecule has 1 heterocycles. The Balaban J connectivity index is 2.14. The van der Waals surface area contributed by atoms with E-state index in [1.54, 1.807) is 30.7 Å². The summed E-state index contributed by atoms with van der Waals surface area (Å²) in [6.07, 6.45) is 5.58. The summed E-state index contributed by atoms with van der Waals surface area (Å²) in [5.41, 5.74) is 1.59. The highest BCUT2D eigenvalue weighted by Gasteiger charge is 2.29. The van der Waals surface area contributed by atoms with Crippen molar-refractivity contribution >= 4 is 35.1 Å². The molecule has 0 aliphatic rings. The van der Waals surface area contributed by atoms with Gasteiger partial charge in [0.15, 0.2) is 0 Å². The number of benzene rings is 1. The summed E-state index contributed by atoms with van der Waals surface area (Å²) < 4.78 is 7.19. The Labute approximate surface area is 199 Å². The van der Waals surface area contributed by atoms with Crippen molar-refractivity contribution in [1.82, 2.24) is 14.9 Å². The van der Waals surface area contributed by atoms with Crippen LogP contribution in [0.1, 0.15) is 51.3 Å². The van der Waals surface area contributed by atoms with Gasteiger partial charge in [0.05, 0.1) is 12.9 Å². The Morgan fingerprint density at radius 3 is 2.47 bits per heavy atom. The average Bonchev–Trinajstić information content (AvgIpc) is 3.12. The largest absolute Gasteiger partial charge is 0.480 e. The summed E-state index contributed by atoms with van der Waals surface area (Å²) in [6, 6.07) is 3.58. The van der Waals surface area contributed by atoms with E-state index in [1.807, 2.05) is 25.3 Å². The molecule has 0 amide bonds. The molecular formula is C23H31Cl2N3O4. The summed E-state index contributed by atoms with van der Waals surface area (Å²) in [4.78, 5) is 28.7. The Hall–Kier alpha value is -2.09. The van der Waals surface area contributed by atoms with Crippen LogP contribution in [0.5, 0.6) is 0 Å². The molecule has 9 heteroatoms. The minimum atomic E-state index is -1.04. The second-order valence-electron chi connectivity index (χ2n) is 8.26. The molecule has 0 bridgehead atoms. The van der Waals surface area contributed by atoms with Gasteiger partial charge in [0.2, 0.25) is 0 Å². The summed E-state index contributed by atoms with van der Waals surface area (Å²) in [5, 5.41) is 13.9. The first-order valence-electron chi connectivity index (χ1n) is 10.8. The lowest BCUT2D eigenvalue weighted by Gasteiger charge is -2.24. The minimum absolute atomic E-state index is 0.153. The lowest BCUT2D eigenvalue weighted by molar-refractivity contribution is -0.148. The number of ether oxygens (including phenoxy) is 1. The molecule has 0 aliphatic heterocycles. The molecule has 32 heavy (non-hydrogen) atoms. The second-order valence-corrected chi connectivity index (χ2v) is 9.13. The Morgan fingerprint density at radius 1 is 1.19 bits per heavy atom. The van der Waals surface area contributed by atoms with E-state index >= 15 is 0 Å². The molecule has 0 fully saturated rings. The maximum atomic E-state index is 12.6. The van der Waals surface area contributed by atoms with Crippen molar-refractivity contribution in [2.45, 2.75) is 65.1 Å². The second kappa shape index (κ2) is 12.8. The number of carbonyl (C=O) groups is 2. The van der Waals surface area contributed by atoms with Crippen molar-refractivity contribution in [3.05, 3.63) is 52.0 Å². The Morgan fingerprint density at radius 2 is 1.88 bits per heavy atom. The van der Waals surface area contributed by atoms with Gasteiger partial charge < -0.3 is 14.4 Å². The predicted molar refractivity (Wildman–Crippen MR) is 125 cm³/mol. The molecule has 2 atom stereocenters. The number of carboxylic acid groups (broad SMARTS) is 1. The van der Waals surface area contributed by atoms with Gasteiger partial charge >= 0.3 is 11.9 Å². The number of aliphatic carboxylic acids is 1. The summed E-state index contributed by atoms with van der Waals surface area (Å²) in [5.74, 6) is -1.27. The van der Waals surface area contributed by atoms with Crippen molar-refractivity contribution in [1.29, 1.82) is 0 Å². The third-order valence-corrected chi connectivity index (χ3v) is 5.36. The average molecular weight is 484 g/mol. The number of nitrogens with one attached hydrogen (secondary N) is 1. The SMILES string of the molecule is CCCCOC(=O)[C@H](CC(C)C)N[C@@H](Cc1cncn1Cc1cc(Cl)cc(Cl)c1)C(=O)O. The van der Waals surface area contributed by atoms with E-state index in [1.165, 1.54) is 0 Å². The highest BCUT2D eigenvalue weighted by Crippen LogP contribution is 2.20. The molecule has 0 saturated heterocycles. The van der Waals surface area contributed by atoms with Gasteiger partial charge in [-0.15, -0.1) is 0 Å². The van der Waals surface area contributed by atoms with E-state index in [0.29, 0.717) is 35.3 Å². The summed E-state index contributed by atoms with van der Waals surface area (Å²) >= 11 is 12.2. The number of imidazole rings is 1. The smallest absolute Gasteiger partial charge is 0.323 e. The summed E-state index contributed by atoms with van der Waals surface area (Å²) in [7, 11) is 0. The summed E-state index contributed by atoms with van der Waals surface area (Å²) in [6.45, 7) is 6.75. The van der Waals surface area contributed by atoms with Gasteiger partial charge in [-0.3, -0.25) is 14.9 Å². The van der Waals surface area contributed by atoms with Crippen LogP contribution in [0.3, 0.4) is 0 Å². The van der Waals surface area contributed by atoms with Gasteiger partial charge in [-0.05, 0) is 42.5 Å². The van der Waals surface area contributed by atoms with Crippen LogP contribution >= 0.6 is 23.2 Å². The molecule has 0 radical (unpaired) electrons. The van der Waals surface area contributed by atoms with E-state index in [9.17, 15) is 14.7 Å². The van der Waals surface area contributed by atoms with Gasteiger partial charge in [0.25, 0.3) is 0 Å². The fraction of sp³-hybridized carbons (Fsp3) is 0.522. The number of esters is 1. The van der Waals surface area contributed by atoms with Crippen molar-refractivity contribution in [2.24, 2.45) is 5.92 Å². The third-order valence-electron chi connectivity index (χ3n) is 4.92. The molecule has 0 unspecified atom stereocenters. The van der Waals surface area contributed by atoms with Gasteiger partial charge in [0.1, 0.15) is 12.1 Å². The van der Waals surface area contributed by atoms with E-state index in [2.05, 4.69) is 10.3 Å². The molecule has 0 saturated carbocycles. The number of unbranched alkanes of at least 4 members (excludes halogenated alkanes) is 1. The molecular weight excluding hydrogens is 453 g/mol. The van der Waals surface area contributed by atoms with E-state index < -0.39 is 24.0 Å². The minimum Gasteiger partial charge on any atom is -0.480 e. The molecule has 2 rings (SSSR count). The number of hydrogen-bond donors (Lipinski definition) is 2. The van der Waals surface area contributed by atoms with Gasteiger partial charge in [-0.2, -0.15) is 0 Å². The first-order chi connectivity index (χ1) is 15.2. The fourth-order valence-corrected chi connectivity index (χ4v) is 3.92. The van der Waals surface area contributed by atoms with Crippen LogP contribution in [-0.2, 0) is 27.3 Å². The maximum absolute atomic E-state index is 12.6. The van der Waals surface area contributed by atoms with Crippen LogP contribution in [0.15, 0.2) is 30.7 Å². The quantitative estimate of drug-likeness (QED) is 0.319. The molecule has 0 aliphatic carbocycles.